The number of halogens is 1. The van der Waals surface area contributed by atoms with Crippen LogP contribution in [0.5, 0.6) is 0 Å². The van der Waals surface area contributed by atoms with Gasteiger partial charge in [-0.15, -0.1) is 21.5 Å². The van der Waals surface area contributed by atoms with Gasteiger partial charge in [0.25, 0.3) is 5.89 Å². The van der Waals surface area contributed by atoms with Crippen molar-refractivity contribution in [3.8, 4) is 22.0 Å². The van der Waals surface area contributed by atoms with Gasteiger partial charge >= 0.3 is 5.97 Å². The molecule has 0 fully saturated rings. The molecular formula is C21H16ClN3O3S. The van der Waals surface area contributed by atoms with Crippen LogP contribution < -0.4 is 0 Å². The summed E-state index contributed by atoms with van der Waals surface area (Å²) in [5, 5.41) is 11.1. The van der Waals surface area contributed by atoms with Crippen molar-refractivity contribution in [2.24, 2.45) is 0 Å². The number of nitrogens with zero attached hydrogens (tertiary/aromatic N) is 3. The highest BCUT2D eigenvalue weighted by Gasteiger charge is 2.14. The lowest BCUT2D eigenvalue weighted by Crippen LogP contribution is -2.08. The highest BCUT2D eigenvalue weighted by atomic mass is 35.5. The summed E-state index contributed by atoms with van der Waals surface area (Å²) in [6.45, 7) is 1.93. The van der Waals surface area contributed by atoms with Crippen LogP contribution in [0.2, 0.25) is 5.02 Å². The van der Waals surface area contributed by atoms with Gasteiger partial charge in [-0.05, 0) is 25.1 Å². The van der Waals surface area contributed by atoms with E-state index in [0.717, 1.165) is 16.1 Å². The zero-order valence-electron chi connectivity index (χ0n) is 15.5. The molecule has 0 saturated heterocycles. The topological polar surface area (TPSA) is 78.1 Å². The summed E-state index contributed by atoms with van der Waals surface area (Å²) in [5.74, 6) is 0.0690. The zero-order valence-corrected chi connectivity index (χ0v) is 17.0. The molecule has 2 aromatic carbocycles. The molecule has 0 atom stereocenters. The maximum atomic E-state index is 12.1. The van der Waals surface area contributed by atoms with E-state index < -0.39 is 5.97 Å². The Morgan fingerprint density at radius 3 is 2.86 bits per heavy atom. The molecule has 4 aromatic rings. The Bertz CT molecular complexity index is 1160. The van der Waals surface area contributed by atoms with Crippen LogP contribution in [0.3, 0.4) is 0 Å². The van der Waals surface area contributed by atoms with Crippen LogP contribution in [-0.2, 0) is 22.6 Å². The number of carbonyl (C=O) groups excluding carboxylic acids is 1. The van der Waals surface area contributed by atoms with Gasteiger partial charge in [-0.2, -0.15) is 0 Å². The summed E-state index contributed by atoms with van der Waals surface area (Å²) in [4.78, 5) is 16.7. The molecule has 0 saturated carbocycles. The molecule has 0 radical (unpaired) electrons. The first-order chi connectivity index (χ1) is 14.1. The second kappa shape index (κ2) is 8.55. The second-order valence-electron chi connectivity index (χ2n) is 6.33. The van der Waals surface area contributed by atoms with Gasteiger partial charge in [0, 0.05) is 10.9 Å². The summed E-state index contributed by atoms with van der Waals surface area (Å²) in [7, 11) is 0. The van der Waals surface area contributed by atoms with Crippen molar-refractivity contribution in [1.29, 1.82) is 0 Å². The Kier molecular flexibility index (Phi) is 5.69. The largest absolute Gasteiger partial charge is 0.455 e. The van der Waals surface area contributed by atoms with Crippen LogP contribution in [-0.4, -0.2) is 21.2 Å². The lowest BCUT2D eigenvalue weighted by molar-refractivity contribution is -0.144. The summed E-state index contributed by atoms with van der Waals surface area (Å²) < 4.78 is 10.8. The molecule has 0 aliphatic rings. The molecule has 0 N–H and O–H groups in total. The second-order valence-corrected chi connectivity index (χ2v) is 7.60. The van der Waals surface area contributed by atoms with E-state index in [4.69, 9.17) is 20.8 Å². The number of hydrogen-bond acceptors (Lipinski definition) is 7. The minimum absolute atomic E-state index is 0.0772. The number of carbonyl (C=O) groups is 1. The van der Waals surface area contributed by atoms with Gasteiger partial charge in [0.05, 0.1) is 22.7 Å². The molecule has 0 unspecified atom stereocenters. The highest BCUT2D eigenvalue weighted by Crippen LogP contribution is 2.27. The van der Waals surface area contributed by atoms with Crippen molar-refractivity contribution in [2.45, 2.75) is 20.0 Å². The Hall–Kier alpha value is -3.03. The van der Waals surface area contributed by atoms with Gasteiger partial charge in [-0.3, -0.25) is 4.79 Å². The predicted octanol–water partition coefficient (Wildman–Crippen LogP) is 5.11. The Balaban J connectivity index is 1.35. The molecule has 29 heavy (non-hydrogen) atoms. The van der Waals surface area contributed by atoms with E-state index in [0.29, 0.717) is 16.3 Å². The van der Waals surface area contributed by atoms with E-state index in [1.165, 1.54) is 11.3 Å². The molecular weight excluding hydrogens is 410 g/mol. The summed E-state index contributed by atoms with van der Waals surface area (Å²) in [5.41, 5.74) is 3.49. The Labute approximate surface area is 176 Å². The molecule has 0 aliphatic heterocycles. The van der Waals surface area contributed by atoms with Crippen molar-refractivity contribution in [2.75, 3.05) is 0 Å². The lowest BCUT2D eigenvalue weighted by atomic mass is 10.1. The first kappa shape index (κ1) is 19.3. The third kappa shape index (κ3) is 4.70. The third-order valence-corrected chi connectivity index (χ3v) is 5.34. The van der Waals surface area contributed by atoms with Crippen LogP contribution >= 0.6 is 22.9 Å². The SMILES string of the molecule is Cc1cccc(-c2nc(CC(=O)OCc3nnc(-c4ccccc4Cl)o3)cs2)c1. The zero-order chi connectivity index (χ0) is 20.2. The van der Waals surface area contributed by atoms with E-state index in [2.05, 4.69) is 21.2 Å². The molecule has 2 aromatic heterocycles. The lowest BCUT2D eigenvalue weighted by Gasteiger charge is -2.00. The average Bonchev–Trinajstić information content (AvgIpc) is 3.36. The van der Waals surface area contributed by atoms with E-state index in [-0.39, 0.29) is 24.8 Å². The number of ether oxygens (including phenoxy) is 1. The number of aromatic nitrogens is 3. The van der Waals surface area contributed by atoms with Gasteiger partial charge in [0.1, 0.15) is 5.01 Å². The van der Waals surface area contributed by atoms with E-state index in [1.54, 1.807) is 12.1 Å². The van der Waals surface area contributed by atoms with Gasteiger partial charge in [-0.1, -0.05) is 47.5 Å². The minimum atomic E-state index is -0.413. The number of thiazole rings is 1. The molecule has 4 rings (SSSR count). The average molecular weight is 426 g/mol. The van der Waals surface area contributed by atoms with Gasteiger partial charge in [0.15, 0.2) is 6.61 Å². The third-order valence-electron chi connectivity index (χ3n) is 4.07. The highest BCUT2D eigenvalue weighted by molar-refractivity contribution is 7.13. The standard InChI is InChI=1S/C21H16ClN3O3S/c1-13-5-4-6-14(9-13)21-23-15(12-29-21)10-19(26)27-11-18-24-25-20(28-18)16-7-2-3-8-17(16)22/h2-9,12H,10-11H2,1H3. The quantitative estimate of drug-likeness (QED) is 0.399. The van der Waals surface area contributed by atoms with E-state index >= 15 is 0 Å². The summed E-state index contributed by atoms with van der Waals surface area (Å²) in [6.07, 6.45) is 0.0772. The van der Waals surface area contributed by atoms with Crippen LogP contribution in [0.25, 0.3) is 22.0 Å². The summed E-state index contributed by atoms with van der Waals surface area (Å²) >= 11 is 7.62. The van der Waals surface area contributed by atoms with Crippen molar-refractivity contribution in [3.05, 3.63) is 76.1 Å². The fourth-order valence-electron chi connectivity index (χ4n) is 2.70. The first-order valence-corrected chi connectivity index (χ1v) is 10.1. The van der Waals surface area contributed by atoms with Gasteiger partial charge in [-0.25, -0.2) is 4.98 Å². The van der Waals surface area contributed by atoms with Crippen molar-refractivity contribution < 1.29 is 13.9 Å². The maximum Gasteiger partial charge on any atom is 0.312 e. The van der Waals surface area contributed by atoms with Crippen molar-refractivity contribution in [3.63, 3.8) is 0 Å². The van der Waals surface area contributed by atoms with Crippen LogP contribution in [0.15, 0.2) is 58.3 Å². The summed E-state index contributed by atoms with van der Waals surface area (Å²) in [6, 6.07) is 15.2. The van der Waals surface area contributed by atoms with Crippen LogP contribution in [0.4, 0.5) is 0 Å². The number of benzene rings is 2. The fourth-order valence-corrected chi connectivity index (χ4v) is 3.73. The molecule has 0 bridgehead atoms. The normalized spacial score (nSPS) is 10.8. The Morgan fingerprint density at radius 1 is 1.17 bits per heavy atom. The van der Waals surface area contributed by atoms with Crippen LogP contribution in [0.1, 0.15) is 17.1 Å². The molecule has 0 spiro atoms. The van der Waals surface area contributed by atoms with Crippen molar-refractivity contribution in [1.82, 2.24) is 15.2 Å². The van der Waals surface area contributed by atoms with Gasteiger partial charge < -0.3 is 9.15 Å². The monoisotopic (exact) mass is 425 g/mol. The van der Waals surface area contributed by atoms with Gasteiger partial charge in [0.2, 0.25) is 5.89 Å². The maximum absolute atomic E-state index is 12.1. The molecule has 146 valence electrons. The number of hydrogen-bond donors (Lipinski definition) is 0. The molecule has 0 aliphatic carbocycles. The smallest absolute Gasteiger partial charge is 0.312 e. The van der Waals surface area contributed by atoms with Crippen LogP contribution in [0, 0.1) is 6.92 Å². The molecule has 0 amide bonds. The van der Waals surface area contributed by atoms with Crippen molar-refractivity contribution >= 4 is 28.9 Å². The fraction of sp³-hybridized carbons (Fsp3) is 0.143. The predicted molar refractivity (Wildman–Crippen MR) is 111 cm³/mol. The number of rotatable bonds is 6. The Morgan fingerprint density at radius 2 is 2.03 bits per heavy atom. The first-order valence-electron chi connectivity index (χ1n) is 8.83. The number of aryl methyl sites for hydroxylation is 1. The van der Waals surface area contributed by atoms with E-state index in [9.17, 15) is 4.79 Å². The molecule has 6 nitrogen and oxygen atoms in total. The number of esters is 1. The van der Waals surface area contributed by atoms with E-state index in [1.807, 2.05) is 42.6 Å². The molecule has 8 heteroatoms. The minimum Gasteiger partial charge on any atom is -0.455 e. The molecule has 2 heterocycles.